The van der Waals surface area contributed by atoms with Gasteiger partial charge < -0.3 is 24.2 Å². The molecule has 2 N–H and O–H groups in total. The maximum Gasteiger partial charge on any atom is 0.248 e. The average molecular weight is 693 g/mol. The van der Waals surface area contributed by atoms with E-state index in [1.807, 2.05) is 42.5 Å². The van der Waals surface area contributed by atoms with Crippen molar-refractivity contribution in [1.29, 1.82) is 0 Å². The number of H-pyrrole nitrogens is 1. The molecule has 1 heterocycles. The molecule has 0 radical (unpaired) electrons. The summed E-state index contributed by atoms with van der Waals surface area (Å²) in [6, 6.07) is 26.4. The summed E-state index contributed by atoms with van der Waals surface area (Å²) in [6.07, 6.45) is 7.96. The third-order valence-corrected chi connectivity index (χ3v) is 16.9. The molecule has 4 aliphatic carbocycles. The molecular weight excluding hydrogens is 637 g/mol. The van der Waals surface area contributed by atoms with E-state index >= 15 is 0 Å². The van der Waals surface area contributed by atoms with Crippen molar-refractivity contribution < 1.29 is 13.9 Å². The topological polar surface area (TPSA) is 72.6 Å². The van der Waals surface area contributed by atoms with Gasteiger partial charge in [0, 0.05) is 18.0 Å². The van der Waals surface area contributed by atoms with Crippen LogP contribution in [0, 0.1) is 29.6 Å². The van der Waals surface area contributed by atoms with Crippen LogP contribution >= 0.6 is 0 Å². The Morgan fingerprint density at radius 1 is 0.840 bits per heavy atom. The first-order valence-electron chi connectivity index (χ1n) is 19.0. The van der Waals surface area contributed by atoms with Crippen molar-refractivity contribution in [2.75, 3.05) is 19.7 Å². The van der Waals surface area contributed by atoms with Crippen LogP contribution in [-0.4, -0.2) is 33.0 Å². The van der Waals surface area contributed by atoms with Gasteiger partial charge in [0.25, 0.3) is 0 Å². The van der Waals surface area contributed by atoms with Crippen molar-refractivity contribution in [2.45, 2.75) is 90.1 Å². The van der Waals surface area contributed by atoms with Crippen LogP contribution in [0.15, 0.2) is 83.7 Å². The van der Waals surface area contributed by atoms with Gasteiger partial charge in [-0.1, -0.05) is 69.3 Å². The molecule has 266 valence electrons. The Morgan fingerprint density at radius 2 is 1.56 bits per heavy atom. The van der Waals surface area contributed by atoms with Crippen molar-refractivity contribution in [3.8, 4) is 11.5 Å². The fraction of sp³-hybridized carbons (Fsp3) is 0.512. The molecule has 50 heavy (non-hydrogen) atoms. The van der Waals surface area contributed by atoms with Crippen molar-refractivity contribution in [2.24, 2.45) is 29.6 Å². The van der Waals surface area contributed by atoms with Gasteiger partial charge in [-0.05, 0) is 134 Å². The number of nitrogens with one attached hydrogen (secondary N) is 2. The molecule has 4 aromatic rings. The van der Waals surface area contributed by atoms with E-state index in [0.29, 0.717) is 24.4 Å². The molecule has 4 bridgehead atoms. The minimum Gasteiger partial charge on any atom is -0.493 e. The number of rotatable bonds is 14. The van der Waals surface area contributed by atoms with Crippen molar-refractivity contribution in [1.82, 2.24) is 10.3 Å². The zero-order valence-corrected chi connectivity index (χ0v) is 31.7. The summed E-state index contributed by atoms with van der Waals surface area (Å²) in [7, 11) is -2.15. The van der Waals surface area contributed by atoms with Crippen LogP contribution in [0.4, 0.5) is 0 Å². The fourth-order valence-electron chi connectivity index (χ4n) is 8.89. The number of benzene rings is 3. The highest BCUT2D eigenvalue weighted by atomic mass is 28.4. The standard InChI is InChI=1S/C43H56N2O4Si/c1-43(2,3)50(4,5)49-40(36-14-16-39(42-37(36)15-17-41(46)45-42)48-27-30-10-7-6-8-11-30)26-44-19-18-29-12-9-13-35(25-29)47-28-38-33-21-31-20-32(23-33)24-34(38)22-31/h6-17,25,31-34,38,40,44H,18-24,26-28H2,1-5H3,(H,45,46)/t31?,32?,33?,34?,38?,40-/m0/s1. The largest absolute Gasteiger partial charge is 0.493 e. The van der Waals surface area contributed by atoms with Gasteiger partial charge in [0.05, 0.1) is 18.2 Å². The molecule has 1 aromatic heterocycles. The molecule has 0 unspecified atom stereocenters. The Labute approximate surface area is 299 Å². The average Bonchev–Trinajstić information content (AvgIpc) is 3.08. The molecule has 1 atom stereocenters. The van der Waals surface area contributed by atoms with E-state index in [1.54, 1.807) is 6.07 Å². The van der Waals surface area contributed by atoms with Gasteiger partial charge in [-0.3, -0.25) is 4.79 Å². The second-order valence-electron chi connectivity index (χ2n) is 16.9. The zero-order chi connectivity index (χ0) is 34.9. The van der Waals surface area contributed by atoms with Crippen LogP contribution in [0.5, 0.6) is 11.5 Å². The van der Waals surface area contributed by atoms with E-state index in [-0.39, 0.29) is 16.7 Å². The van der Waals surface area contributed by atoms with Gasteiger partial charge in [0.2, 0.25) is 5.56 Å². The summed E-state index contributed by atoms with van der Waals surface area (Å²) in [4.78, 5) is 15.6. The summed E-state index contributed by atoms with van der Waals surface area (Å²) in [5.74, 6) is 6.17. The minimum absolute atomic E-state index is 0.0468. The highest BCUT2D eigenvalue weighted by Crippen LogP contribution is 2.56. The van der Waals surface area contributed by atoms with Crippen molar-refractivity contribution >= 4 is 19.2 Å². The van der Waals surface area contributed by atoms with E-state index in [4.69, 9.17) is 13.9 Å². The summed E-state index contributed by atoms with van der Waals surface area (Å²) in [5.41, 5.74) is 3.97. The molecule has 0 spiro atoms. The summed E-state index contributed by atoms with van der Waals surface area (Å²) >= 11 is 0. The Hall–Kier alpha value is -3.39. The van der Waals surface area contributed by atoms with Gasteiger partial charge in [-0.25, -0.2) is 0 Å². The highest BCUT2D eigenvalue weighted by Gasteiger charge is 2.48. The number of fused-ring (bicyclic) bond motifs is 1. The van der Waals surface area contributed by atoms with Crippen LogP contribution in [0.1, 0.15) is 75.7 Å². The third kappa shape index (κ3) is 7.90. The molecule has 0 saturated heterocycles. The molecule has 7 heteroatoms. The lowest BCUT2D eigenvalue weighted by Crippen LogP contribution is -2.47. The predicted molar refractivity (Wildman–Crippen MR) is 205 cm³/mol. The van der Waals surface area contributed by atoms with Crippen LogP contribution in [-0.2, 0) is 17.5 Å². The minimum atomic E-state index is -2.15. The lowest BCUT2D eigenvalue weighted by molar-refractivity contribution is -0.0529. The number of aromatic amines is 1. The molecule has 0 aliphatic heterocycles. The van der Waals surface area contributed by atoms with Crippen molar-refractivity contribution in [3.63, 3.8) is 0 Å². The Morgan fingerprint density at radius 3 is 2.28 bits per heavy atom. The predicted octanol–water partition coefficient (Wildman–Crippen LogP) is 9.45. The number of hydrogen-bond acceptors (Lipinski definition) is 5. The van der Waals surface area contributed by atoms with Crippen molar-refractivity contribution in [3.05, 3.63) is 106 Å². The van der Waals surface area contributed by atoms with Crippen LogP contribution in [0.2, 0.25) is 18.1 Å². The quantitative estimate of drug-likeness (QED) is 0.102. The Kier molecular flexibility index (Phi) is 10.3. The van der Waals surface area contributed by atoms with Crippen LogP contribution in [0.3, 0.4) is 0 Å². The molecule has 0 amide bonds. The smallest absolute Gasteiger partial charge is 0.248 e. The maximum absolute atomic E-state index is 12.5. The first-order chi connectivity index (χ1) is 24.0. The lowest BCUT2D eigenvalue weighted by Gasteiger charge is -2.54. The fourth-order valence-corrected chi connectivity index (χ4v) is 10.2. The zero-order valence-electron chi connectivity index (χ0n) is 30.7. The van der Waals surface area contributed by atoms with Crippen LogP contribution in [0.25, 0.3) is 10.9 Å². The molecule has 3 aromatic carbocycles. The number of hydrogen-bond donors (Lipinski definition) is 2. The summed E-state index contributed by atoms with van der Waals surface area (Å²) < 4.78 is 19.9. The van der Waals surface area contributed by atoms with Crippen LogP contribution < -0.4 is 20.3 Å². The molecule has 4 saturated carbocycles. The first-order valence-corrected chi connectivity index (χ1v) is 21.9. The van der Waals surface area contributed by atoms with Gasteiger partial charge in [0.15, 0.2) is 8.32 Å². The van der Waals surface area contributed by atoms with Gasteiger partial charge >= 0.3 is 0 Å². The van der Waals surface area contributed by atoms with E-state index in [9.17, 15) is 4.79 Å². The number of pyridine rings is 1. The Bertz CT molecular complexity index is 1790. The van der Waals surface area contributed by atoms with E-state index in [1.165, 1.54) is 37.7 Å². The number of aromatic nitrogens is 1. The molecule has 8 rings (SSSR count). The highest BCUT2D eigenvalue weighted by molar-refractivity contribution is 6.74. The lowest BCUT2D eigenvalue weighted by atomic mass is 9.52. The van der Waals surface area contributed by atoms with Gasteiger partial charge in [-0.2, -0.15) is 0 Å². The van der Waals surface area contributed by atoms with Gasteiger partial charge in [0.1, 0.15) is 18.1 Å². The Balaban J connectivity index is 1.03. The van der Waals surface area contributed by atoms with E-state index in [2.05, 4.69) is 74.5 Å². The number of ether oxygens (including phenoxy) is 2. The second kappa shape index (κ2) is 14.7. The normalized spacial score (nSPS) is 23.7. The molecule has 4 aliphatic rings. The van der Waals surface area contributed by atoms with E-state index in [0.717, 1.165) is 71.4 Å². The van der Waals surface area contributed by atoms with E-state index < -0.39 is 8.32 Å². The SMILES string of the molecule is CC(C)(C)[Si](C)(C)O[C@@H](CNCCc1cccc(OCC2C3CC4CC(C3)CC2C4)c1)c1ccc(OCc2ccccc2)c2[nH]c(=O)ccc12. The molecule has 6 nitrogen and oxygen atoms in total. The first kappa shape index (κ1) is 35.0. The molecular formula is C43H56N2O4Si. The monoisotopic (exact) mass is 692 g/mol. The maximum atomic E-state index is 12.5. The van der Waals surface area contributed by atoms with Gasteiger partial charge in [-0.15, -0.1) is 0 Å². The summed E-state index contributed by atoms with van der Waals surface area (Å²) in [6.45, 7) is 14.2. The third-order valence-electron chi connectivity index (χ3n) is 12.4. The second-order valence-corrected chi connectivity index (χ2v) is 21.7. The molecule has 4 fully saturated rings. The summed E-state index contributed by atoms with van der Waals surface area (Å²) in [5, 5.41) is 4.73.